The van der Waals surface area contributed by atoms with Gasteiger partial charge in [0.1, 0.15) is 5.75 Å². The van der Waals surface area contributed by atoms with E-state index in [0.717, 1.165) is 36.9 Å². The minimum atomic E-state index is 0.103. The van der Waals surface area contributed by atoms with Crippen LogP contribution in [0.4, 0.5) is 0 Å². The highest BCUT2D eigenvalue weighted by molar-refractivity contribution is 5.81. The van der Waals surface area contributed by atoms with E-state index in [9.17, 15) is 4.79 Å². The second kappa shape index (κ2) is 7.88. The van der Waals surface area contributed by atoms with Crippen molar-refractivity contribution in [1.82, 2.24) is 0 Å². The summed E-state index contributed by atoms with van der Waals surface area (Å²) >= 11 is 0. The predicted octanol–water partition coefficient (Wildman–Crippen LogP) is 4.92. The van der Waals surface area contributed by atoms with Crippen LogP contribution >= 0.6 is 0 Å². The first-order chi connectivity index (χ1) is 9.57. The van der Waals surface area contributed by atoms with E-state index in [1.807, 2.05) is 19.1 Å². The lowest BCUT2D eigenvalue weighted by atomic mass is 9.93. The molecule has 20 heavy (non-hydrogen) atoms. The third kappa shape index (κ3) is 3.96. The number of allylic oxidation sites excluding steroid dienone is 1. The van der Waals surface area contributed by atoms with E-state index < -0.39 is 0 Å². The summed E-state index contributed by atoms with van der Waals surface area (Å²) in [6.07, 6.45) is 5.55. The summed E-state index contributed by atoms with van der Waals surface area (Å²) in [5.41, 5.74) is 2.91. The normalized spacial score (nSPS) is 13.6. The molecule has 0 aliphatic heterocycles. The first-order valence-electron chi connectivity index (χ1n) is 7.46. The Morgan fingerprint density at radius 1 is 1.25 bits per heavy atom. The molecule has 0 fully saturated rings. The minimum absolute atomic E-state index is 0.103. The average Bonchev–Trinajstić information content (AvgIpc) is 2.47. The molecular formula is C18H26O2. The van der Waals surface area contributed by atoms with Gasteiger partial charge in [-0.1, -0.05) is 32.9 Å². The summed E-state index contributed by atoms with van der Waals surface area (Å²) in [5, 5.41) is 0. The van der Waals surface area contributed by atoms with E-state index in [-0.39, 0.29) is 6.10 Å². The van der Waals surface area contributed by atoms with Crippen LogP contribution in [-0.4, -0.2) is 12.4 Å². The molecule has 0 aliphatic rings. The van der Waals surface area contributed by atoms with Crippen LogP contribution in [0.1, 0.15) is 67.9 Å². The van der Waals surface area contributed by atoms with Crippen molar-refractivity contribution in [1.29, 1.82) is 0 Å². The Balaban J connectivity index is 3.31. The zero-order chi connectivity index (χ0) is 15.1. The van der Waals surface area contributed by atoms with Crippen LogP contribution in [0.3, 0.4) is 0 Å². The monoisotopic (exact) mass is 274 g/mol. The van der Waals surface area contributed by atoms with Crippen LogP contribution < -0.4 is 4.74 Å². The van der Waals surface area contributed by atoms with E-state index in [1.165, 1.54) is 5.56 Å². The number of aldehydes is 1. The summed E-state index contributed by atoms with van der Waals surface area (Å²) in [4.78, 5) is 11.4. The lowest BCUT2D eigenvalue weighted by Gasteiger charge is -2.20. The molecule has 0 heterocycles. The van der Waals surface area contributed by atoms with Gasteiger partial charge in [0.2, 0.25) is 0 Å². The molecule has 0 aromatic heterocycles. The standard InChI is InChI=1S/C18H26O2/c1-6-9-15-10-16(13(4)7-2)11-17(12-19)18(15)20-14(5)8-3/h6,10-14H,1,7-9H2,2-5H3. The molecule has 1 rings (SSSR count). The van der Waals surface area contributed by atoms with Gasteiger partial charge in [-0.25, -0.2) is 0 Å². The van der Waals surface area contributed by atoms with Crippen LogP contribution in [0.2, 0.25) is 0 Å². The van der Waals surface area contributed by atoms with E-state index in [2.05, 4.69) is 33.4 Å². The van der Waals surface area contributed by atoms with E-state index in [1.54, 1.807) is 0 Å². The van der Waals surface area contributed by atoms with Crippen molar-refractivity contribution in [2.24, 2.45) is 0 Å². The van der Waals surface area contributed by atoms with Crippen LogP contribution in [0.15, 0.2) is 24.8 Å². The SMILES string of the molecule is C=CCc1cc(C(C)CC)cc(C=O)c1OC(C)CC. The first-order valence-corrected chi connectivity index (χ1v) is 7.46. The molecular weight excluding hydrogens is 248 g/mol. The molecule has 0 amide bonds. The molecule has 0 N–H and O–H groups in total. The molecule has 0 bridgehead atoms. The number of ether oxygens (including phenoxy) is 1. The fourth-order valence-corrected chi connectivity index (χ4v) is 2.08. The fraction of sp³-hybridized carbons (Fsp3) is 0.500. The zero-order valence-electron chi connectivity index (χ0n) is 13.1. The highest BCUT2D eigenvalue weighted by Crippen LogP contribution is 2.31. The number of benzene rings is 1. The summed E-state index contributed by atoms with van der Waals surface area (Å²) in [6.45, 7) is 12.2. The molecule has 110 valence electrons. The van der Waals surface area contributed by atoms with Crippen LogP contribution in [0.25, 0.3) is 0 Å². The second-order valence-electron chi connectivity index (χ2n) is 5.36. The van der Waals surface area contributed by atoms with Crippen molar-refractivity contribution in [2.75, 3.05) is 0 Å². The van der Waals surface area contributed by atoms with E-state index in [4.69, 9.17) is 4.74 Å². The quantitative estimate of drug-likeness (QED) is 0.497. The molecule has 2 nitrogen and oxygen atoms in total. The third-order valence-electron chi connectivity index (χ3n) is 3.78. The average molecular weight is 274 g/mol. The van der Waals surface area contributed by atoms with Crippen molar-refractivity contribution in [2.45, 2.75) is 59.0 Å². The Labute approximate surface area is 122 Å². The van der Waals surface area contributed by atoms with Crippen LogP contribution in [-0.2, 0) is 6.42 Å². The molecule has 0 radical (unpaired) electrons. The predicted molar refractivity (Wildman–Crippen MR) is 84.8 cm³/mol. The zero-order valence-corrected chi connectivity index (χ0v) is 13.1. The highest BCUT2D eigenvalue weighted by atomic mass is 16.5. The van der Waals surface area contributed by atoms with Crippen LogP contribution in [0.5, 0.6) is 5.75 Å². The molecule has 2 heteroatoms. The molecule has 1 aromatic rings. The second-order valence-corrected chi connectivity index (χ2v) is 5.36. The first kappa shape index (κ1) is 16.5. The van der Waals surface area contributed by atoms with E-state index in [0.29, 0.717) is 11.5 Å². The van der Waals surface area contributed by atoms with Gasteiger partial charge in [-0.15, -0.1) is 6.58 Å². The maximum Gasteiger partial charge on any atom is 0.153 e. The summed E-state index contributed by atoms with van der Waals surface area (Å²) in [7, 11) is 0. The Morgan fingerprint density at radius 2 is 1.95 bits per heavy atom. The van der Waals surface area contributed by atoms with Gasteiger partial charge in [0.25, 0.3) is 0 Å². The van der Waals surface area contributed by atoms with Crippen molar-refractivity contribution in [3.05, 3.63) is 41.5 Å². The highest BCUT2D eigenvalue weighted by Gasteiger charge is 2.15. The summed E-state index contributed by atoms with van der Waals surface area (Å²) in [6, 6.07) is 4.12. The lowest BCUT2D eigenvalue weighted by molar-refractivity contribution is 0.111. The van der Waals surface area contributed by atoms with Gasteiger partial charge in [0.05, 0.1) is 11.7 Å². The van der Waals surface area contributed by atoms with Crippen molar-refractivity contribution in [3.63, 3.8) is 0 Å². The Bertz CT molecular complexity index is 463. The largest absolute Gasteiger partial charge is 0.490 e. The number of carbonyl (C=O) groups is 1. The smallest absolute Gasteiger partial charge is 0.153 e. The molecule has 0 aliphatic carbocycles. The number of carbonyl (C=O) groups excluding carboxylic acids is 1. The topological polar surface area (TPSA) is 26.3 Å². The van der Waals surface area contributed by atoms with Gasteiger partial charge in [-0.3, -0.25) is 4.79 Å². The molecule has 0 saturated heterocycles. The van der Waals surface area contributed by atoms with Crippen molar-refractivity contribution < 1.29 is 9.53 Å². The minimum Gasteiger partial charge on any atom is -0.490 e. The number of rotatable bonds is 8. The van der Waals surface area contributed by atoms with Gasteiger partial charge in [0.15, 0.2) is 6.29 Å². The van der Waals surface area contributed by atoms with E-state index >= 15 is 0 Å². The van der Waals surface area contributed by atoms with Crippen LogP contribution in [0, 0.1) is 0 Å². The Kier molecular flexibility index (Phi) is 6.50. The maximum atomic E-state index is 11.4. The molecule has 1 aromatic carbocycles. The van der Waals surface area contributed by atoms with Crippen molar-refractivity contribution >= 4 is 6.29 Å². The molecule has 0 saturated carbocycles. The number of hydrogen-bond acceptors (Lipinski definition) is 2. The van der Waals surface area contributed by atoms with Gasteiger partial charge in [-0.05, 0) is 49.3 Å². The summed E-state index contributed by atoms with van der Waals surface area (Å²) in [5.74, 6) is 1.16. The summed E-state index contributed by atoms with van der Waals surface area (Å²) < 4.78 is 5.96. The maximum absolute atomic E-state index is 11.4. The third-order valence-corrected chi connectivity index (χ3v) is 3.78. The van der Waals surface area contributed by atoms with Gasteiger partial charge >= 0.3 is 0 Å². The van der Waals surface area contributed by atoms with Gasteiger partial charge in [-0.2, -0.15) is 0 Å². The Hall–Kier alpha value is -1.57. The molecule has 0 spiro atoms. The Morgan fingerprint density at radius 3 is 2.45 bits per heavy atom. The van der Waals surface area contributed by atoms with Crippen molar-refractivity contribution in [3.8, 4) is 5.75 Å². The fourth-order valence-electron chi connectivity index (χ4n) is 2.08. The molecule has 2 atom stereocenters. The van der Waals surface area contributed by atoms with Gasteiger partial charge < -0.3 is 4.74 Å². The molecule has 2 unspecified atom stereocenters. The van der Waals surface area contributed by atoms with Gasteiger partial charge in [0, 0.05) is 0 Å². The lowest BCUT2D eigenvalue weighted by Crippen LogP contribution is -2.13. The number of hydrogen-bond donors (Lipinski definition) is 0.